The summed E-state index contributed by atoms with van der Waals surface area (Å²) in [5.74, 6) is 0. The molecule has 0 radical (unpaired) electrons. The van der Waals surface area contributed by atoms with E-state index in [1.54, 1.807) is 0 Å². The molecule has 5 nitrogen and oxygen atoms in total. The molecule has 0 aliphatic carbocycles. The molecule has 0 unspecified atom stereocenters. The molecule has 0 aliphatic heterocycles. The van der Waals surface area contributed by atoms with Gasteiger partial charge in [0.15, 0.2) is 5.58 Å². The number of rotatable bonds is 3. The summed E-state index contributed by atoms with van der Waals surface area (Å²) >= 11 is 0. The first kappa shape index (κ1) is 27.6. The average Bonchev–Trinajstić information content (AvgIpc) is 3.74. The Balaban J connectivity index is 1.25. The van der Waals surface area contributed by atoms with Crippen molar-refractivity contribution in [3.05, 3.63) is 155 Å². The van der Waals surface area contributed by atoms with Crippen molar-refractivity contribution in [2.75, 3.05) is 0 Å². The maximum Gasteiger partial charge on any atom is 0.380 e. The van der Waals surface area contributed by atoms with Crippen molar-refractivity contribution in [3.8, 4) is 33.6 Å². The molecular formula is C44H28N2O3. The van der Waals surface area contributed by atoms with Crippen LogP contribution in [0.5, 0.6) is 0 Å². The molecule has 232 valence electrons. The normalized spacial score (nSPS) is 12.0. The average molecular weight is 633 g/mol. The molecule has 7 aromatic carbocycles. The summed E-state index contributed by atoms with van der Waals surface area (Å²) in [5, 5.41) is 7.03. The van der Waals surface area contributed by atoms with E-state index in [0.717, 1.165) is 55.4 Å². The van der Waals surface area contributed by atoms with Gasteiger partial charge in [-0.3, -0.25) is 4.40 Å². The lowest BCUT2D eigenvalue weighted by atomic mass is 9.90. The number of hydrogen-bond acceptors (Lipinski definition) is 4. The van der Waals surface area contributed by atoms with E-state index in [4.69, 9.17) is 13.8 Å². The lowest BCUT2D eigenvalue weighted by Crippen LogP contribution is -2.05. The van der Waals surface area contributed by atoms with Gasteiger partial charge in [-0.05, 0) is 94.0 Å². The molecule has 10 aromatic rings. The lowest BCUT2D eigenvalue weighted by Gasteiger charge is -2.13. The van der Waals surface area contributed by atoms with Gasteiger partial charge in [0.2, 0.25) is 5.65 Å². The first-order valence-electron chi connectivity index (χ1n) is 16.4. The molecule has 3 heterocycles. The van der Waals surface area contributed by atoms with Crippen LogP contribution in [0, 0.1) is 13.8 Å². The van der Waals surface area contributed by atoms with Gasteiger partial charge in [-0.25, -0.2) is 9.78 Å². The minimum Gasteiger partial charge on any atom is -0.456 e. The van der Waals surface area contributed by atoms with Crippen LogP contribution in [0.25, 0.3) is 93.9 Å². The standard InChI is InChI=1S/C44H28N2O3/c1-25-26(2)34-23-28(19-21-32(34)31-14-7-6-13-30(25)31)29-20-22-37-35(24-29)40-33(15-10-18-39(40)48-37)41-42(27-11-4-3-5-12-27)46-36-16-8-9-17-38(36)49-44(47)43(46)45-41/h3-24H,1-2H3. The zero-order chi connectivity index (χ0) is 32.8. The fourth-order valence-electron chi connectivity index (χ4n) is 7.64. The third-order valence-corrected chi connectivity index (χ3v) is 10.1. The molecule has 0 saturated heterocycles. The van der Waals surface area contributed by atoms with Crippen molar-refractivity contribution < 1.29 is 8.83 Å². The van der Waals surface area contributed by atoms with E-state index < -0.39 is 5.63 Å². The quantitative estimate of drug-likeness (QED) is 0.182. The van der Waals surface area contributed by atoms with Crippen molar-refractivity contribution in [1.82, 2.24) is 9.38 Å². The lowest BCUT2D eigenvalue weighted by molar-refractivity contribution is 0.560. The minimum atomic E-state index is -0.483. The summed E-state index contributed by atoms with van der Waals surface area (Å²) in [7, 11) is 0. The highest BCUT2D eigenvalue weighted by atomic mass is 16.4. The monoisotopic (exact) mass is 632 g/mol. The van der Waals surface area contributed by atoms with Crippen molar-refractivity contribution in [3.63, 3.8) is 0 Å². The molecule has 0 spiro atoms. The second kappa shape index (κ2) is 10.3. The van der Waals surface area contributed by atoms with Crippen LogP contribution >= 0.6 is 0 Å². The maximum absolute atomic E-state index is 13.4. The predicted octanol–water partition coefficient (Wildman–Crippen LogP) is 11.3. The van der Waals surface area contributed by atoms with Crippen molar-refractivity contribution >= 4 is 60.2 Å². The smallest absolute Gasteiger partial charge is 0.380 e. The number of aromatic nitrogens is 2. The Morgan fingerprint density at radius 2 is 1.20 bits per heavy atom. The van der Waals surface area contributed by atoms with Gasteiger partial charge in [0, 0.05) is 21.9 Å². The van der Waals surface area contributed by atoms with Crippen LogP contribution in [0.1, 0.15) is 11.1 Å². The third kappa shape index (κ3) is 3.99. The second-order valence-corrected chi connectivity index (χ2v) is 12.7. The Morgan fingerprint density at radius 1 is 0.531 bits per heavy atom. The van der Waals surface area contributed by atoms with Gasteiger partial charge in [-0.1, -0.05) is 97.1 Å². The molecule has 0 amide bonds. The predicted molar refractivity (Wildman–Crippen MR) is 199 cm³/mol. The first-order valence-corrected chi connectivity index (χ1v) is 16.4. The number of benzene rings is 7. The second-order valence-electron chi connectivity index (χ2n) is 12.7. The molecule has 0 atom stereocenters. The van der Waals surface area contributed by atoms with Crippen LogP contribution in [-0.4, -0.2) is 9.38 Å². The SMILES string of the molecule is Cc1c(C)c2cc(-c3ccc4oc5cccc(-c6nc7c(=O)oc8ccccc8n7c6-c6ccccc6)c5c4c3)ccc2c2ccccc12. The summed E-state index contributed by atoms with van der Waals surface area (Å²) in [6.07, 6.45) is 0. The molecule has 0 N–H and O–H groups in total. The third-order valence-electron chi connectivity index (χ3n) is 10.1. The highest BCUT2D eigenvalue weighted by molar-refractivity contribution is 6.15. The van der Waals surface area contributed by atoms with E-state index in [0.29, 0.717) is 11.3 Å². The van der Waals surface area contributed by atoms with Gasteiger partial charge in [0.1, 0.15) is 11.2 Å². The van der Waals surface area contributed by atoms with Crippen molar-refractivity contribution in [1.29, 1.82) is 0 Å². The van der Waals surface area contributed by atoms with Gasteiger partial charge < -0.3 is 8.83 Å². The maximum atomic E-state index is 13.4. The Bertz CT molecular complexity index is 3040. The molecule has 0 aliphatic rings. The van der Waals surface area contributed by atoms with E-state index >= 15 is 0 Å². The zero-order valence-corrected chi connectivity index (χ0v) is 26.8. The number of para-hydroxylation sites is 2. The largest absolute Gasteiger partial charge is 0.456 e. The molecular weight excluding hydrogens is 604 g/mol. The molecule has 5 heteroatoms. The van der Waals surface area contributed by atoms with Crippen molar-refractivity contribution in [2.45, 2.75) is 13.8 Å². The molecule has 0 saturated carbocycles. The van der Waals surface area contributed by atoms with Gasteiger partial charge in [-0.15, -0.1) is 0 Å². The topological polar surface area (TPSA) is 60.7 Å². The van der Waals surface area contributed by atoms with Crippen LogP contribution in [0.3, 0.4) is 0 Å². The van der Waals surface area contributed by atoms with Crippen LogP contribution in [0.15, 0.2) is 147 Å². The summed E-state index contributed by atoms with van der Waals surface area (Å²) in [6, 6.07) is 45.6. The number of imidazole rings is 1. The van der Waals surface area contributed by atoms with E-state index in [1.807, 2.05) is 59.0 Å². The number of furan rings is 1. The van der Waals surface area contributed by atoms with Gasteiger partial charge >= 0.3 is 5.63 Å². The zero-order valence-electron chi connectivity index (χ0n) is 26.8. The highest BCUT2D eigenvalue weighted by Crippen LogP contribution is 2.43. The van der Waals surface area contributed by atoms with E-state index in [-0.39, 0.29) is 5.65 Å². The molecule has 0 fully saturated rings. The van der Waals surface area contributed by atoms with E-state index in [9.17, 15) is 4.79 Å². The number of aryl methyl sites for hydroxylation is 2. The fraction of sp³-hybridized carbons (Fsp3) is 0.0455. The summed E-state index contributed by atoms with van der Waals surface area (Å²) < 4.78 is 14.1. The van der Waals surface area contributed by atoms with Crippen LogP contribution in [0.4, 0.5) is 0 Å². The fourth-order valence-corrected chi connectivity index (χ4v) is 7.64. The Kier molecular flexibility index (Phi) is 5.79. The first-order chi connectivity index (χ1) is 24.0. The Hall–Kier alpha value is -6.46. The van der Waals surface area contributed by atoms with Gasteiger partial charge in [0.05, 0.1) is 16.9 Å². The van der Waals surface area contributed by atoms with E-state index in [2.05, 4.69) is 92.7 Å². The highest BCUT2D eigenvalue weighted by Gasteiger charge is 2.24. The van der Waals surface area contributed by atoms with Crippen LogP contribution < -0.4 is 5.63 Å². The van der Waals surface area contributed by atoms with Gasteiger partial charge in [-0.2, -0.15) is 0 Å². The molecule has 10 rings (SSSR count). The molecule has 0 bridgehead atoms. The molecule has 3 aromatic heterocycles. The number of hydrogen-bond donors (Lipinski definition) is 0. The summed E-state index contributed by atoms with van der Waals surface area (Å²) in [5.41, 5.74) is 10.8. The minimum absolute atomic E-state index is 0.243. The summed E-state index contributed by atoms with van der Waals surface area (Å²) in [4.78, 5) is 18.4. The van der Waals surface area contributed by atoms with Crippen molar-refractivity contribution in [2.24, 2.45) is 0 Å². The summed E-state index contributed by atoms with van der Waals surface area (Å²) in [6.45, 7) is 4.43. The Labute approximate surface area is 280 Å². The van der Waals surface area contributed by atoms with Crippen LogP contribution in [-0.2, 0) is 0 Å². The van der Waals surface area contributed by atoms with Gasteiger partial charge in [0.25, 0.3) is 0 Å². The Morgan fingerprint density at radius 3 is 2.06 bits per heavy atom. The van der Waals surface area contributed by atoms with Crippen LogP contribution in [0.2, 0.25) is 0 Å². The van der Waals surface area contributed by atoms with E-state index in [1.165, 1.54) is 32.7 Å². The number of nitrogens with zero attached hydrogens (tertiary/aromatic N) is 2. The number of fused-ring (bicyclic) bond motifs is 9. The molecule has 49 heavy (non-hydrogen) atoms.